The lowest BCUT2D eigenvalue weighted by Crippen LogP contribution is -2.37. The van der Waals surface area contributed by atoms with Gasteiger partial charge in [0.15, 0.2) is 5.11 Å². The van der Waals surface area contributed by atoms with Gasteiger partial charge in [-0.1, -0.05) is 11.6 Å². The Bertz CT molecular complexity index is 383. The summed E-state index contributed by atoms with van der Waals surface area (Å²) < 4.78 is 6.81. The number of nitrogens with one attached hydrogen (secondary N) is 2. The predicted octanol–water partition coefficient (Wildman–Crippen LogP) is 1.35. The zero-order valence-corrected chi connectivity index (χ0v) is 12.3. The fourth-order valence-electron chi connectivity index (χ4n) is 1.41. The zero-order valence-electron chi connectivity index (χ0n) is 10.7. The van der Waals surface area contributed by atoms with Gasteiger partial charge in [-0.25, -0.2) is 0 Å². The van der Waals surface area contributed by atoms with Crippen molar-refractivity contribution in [3.63, 3.8) is 0 Å². The summed E-state index contributed by atoms with van der Waals surface area (Å²) in [4.78, 5) is 0. The molecule has 1 heterocycles. The van der Waals surface area contributed by atoms with Crippen LogP contribution in [0.4, 0.5) is 0 Å². The maximum absolute atomic E-state index is 5.92. The first-order valence-electron chi connectivity index (χ1n) is 5.83. The van der Waals surface area contributed by atoms with Crippen LogP contribution in [0.2, 0.25) is 5.02 Å². The van der Waals surface area contributed by atoms with Crippen molar-refractivity contribution in [2.45, 2.75) is 19.9 Å². The number of methoxy groups -OCH3 is 1. The Kier molecular flexibility index (Phi) is 7.00. The van der Waals surface area contributed by atoms with Gasteiger partial charge in [-0.3, -0.25) is 4.68 Å². The van der Waals surface area contributed by atoms with Gasteiger partial charge in [0, 0.05) is 26.7 Å². The normalized spacial score (nSPS) is 10.4. The topological polar surface area (TPSA) is 51.1 Å². The molecule has 5 nitrogen and oxygen atoms in total. The van der Waals surface area contributed by atoms with E-state index in [4.69, 9.17) is 28.6 Å². The van der Waals surface area contributed by atoms with E-state index in [1.54, 1.807) is 13.3 Å². The maximum atomic E-state index is 5.92. The first kappa shape index (κ1) is 15.2. The van der Waals surface area contributed by atoms with E-state index in [2.05, 4.69) is 15.7 Å². The Morgan fingerprint density at radius 2 is 2.22 bits per heavy atom. The lowest BCUT2D eigenvalue weighted by molar-refractivity contribution is 0.204. The maximum Gasteiger partial charge on any atom is 0.166 e. The Morgan fingerprint density at radius 1 is 1.50 bits per heavy atom. The molecule has 0 unspecified atom stereocenters. The van der Waals surface area contributed by atoms with E-state index in [-0.39, 0.29) is 0 Å². The van der Waals surface area contributed by atoms with Gasteiger partial charge in [0.25, 0.3) is 0 Å². The van der Waals surface area contributed by atoms with Crippen LogP contribution in [0.15, 0.2) is 6.20 Å². The van der Waals surface area contributed by atoms with Crippen LogP contribution in [0.5, 0.6) is 0 Å². The molecule has 0 aliphatic rings. The van der Waals surface area contributed by atoms with E-state index in [9.17, 15) is 0 Å². The van der Waals surface area contributed by atoms with Crippen molar-refractivity contribution in [3.05, 3.63) is 16.9 Å². The molecule has 0 fully saturated rings. The largest absolute Gasteiger partial charge is 0.383 e. The quantitative estimate of drug-likeness (QED) is 0.586. The second-order valence-corrected chi connectivity index (χ2v) is 4.65. The van der Waals surface area contributed by atoms with Gasteiger partial charge < -0.3 is 15.4 Å². The molecule has 7 heteroatoms. The van der Waals surface area contributed by atoms with E-state index in [1.165, 1.54) is 0 Å². The highest BCUT2D eigenvalue weighted by molar-refractivity contribution is 7.80. The van der Waals surface area contributed by atoms with Gasteiger partial charge in [-0.15, -0.1) is 0 Å². The number of aromatic nitrogens is 2. The molecule has 0 saturated carbocycles. The molecule has 0 aliphatic heterocycles. The molecule has 0 bridgehead atoms. The standard InChI is InChI=1S/C11H19ClN4OS/c1-9-10(12)8-15-16(9)6-3-4-13-11(18)14-5-7-17-2/h8H,3-7H2,1-2H3,(H2,13,14,18). The van der Waals surface area contributed by atoms with Crippen molar-refractivity contribution in [1.29, 1.82) is 0 Å². The number of aryl methyl sites for hydroxylation is 1. The number of thiocarbonyl (C=S) groups is 1. The van der Waals surface area contributed by atoms with E-state index < -0.39 is 0 Å². The lowest BCUT2D eigenvalue weighted by atomic mass is 10.4. The predicted molar refractivity (Wildman–Crippen MR) is 77.1 cm³/mol. The van der Waals surface area contributed by atoms with Gasteiger partial charge in [-0.2, -0.15) is 5.10 Å². The molecule has 0 amide bonds. The summed E-state index contributed by atoms with van der Waals surface area (Å²) in [5.41, 5.74) is 0.998. The summed E-state index contributed by atoms with van der Waals surface area (Å²) in [6.07, 6.45) is 2.60. The van der Waals surface area contributed by atoms with E-state index in [0.29, 0.717) is 16.7 Å². The van der Waals surface area contributed by atoms with Crippen LogP contribution in [0.3, 0.4) is 0 Å². The van der Waals surface area contributed by atoms with Crippen LogP contribution in [0, 0.1) is 6.92 Å². The molecule has 0 atom stereocenters. The van der Waals surface area contributed by atoms with Crippen LogP contribution in [0.1, 0.15) is 12.1 Å². The van der Waals surface area contributed by atoms with Crippen LogP contribution < -0.4 is 10.6 Å². The van der Waals surface area contributed by atoms with Crippen molar-refractivity contribution in [2.75, 3.05) is 26.8 Å². The summed E-state index contributed by atoms with van der Waals surface area (Å²) in [7, 11) is 1.66. The van der Waals surface area contributed by atoms with Crippen molar-refractivity contribution < 1.29 is 4.74 Å². The number of halogens is 1. The highest BCUT2D eigenvalue weighted by Crippen LogP contribution is 2.13. The molecule has 0 aliphatic carbocycles. The molecule has 0 spiro atoms. The summed E-state index contributed by atoms with van der Waals surface area (Å²) in [6.45, 7) is 4.95. The molecule has 1 aromatic rings. The molecule has 0 saturated heterocycles. The molecular weight excluding hydrogens is 272 g/mol. The van der Waals surface area contributed by atoms with Crippen LogP contribution in [-0.4, -0.2) is 41.7 Å². The molecule has 2 N–H and O–H groups in total. The minimum Gasteiger partial charge on any atom is -0.383 e. The molecule has 1 rings (SSSR count). The van der Waals surface area contributed by atoms with E-state index in [1.807, 2.05) is 11.6 Å². The van der Waals surface area contributed by atoms with Crippen molar-refractivity contribution >= 4 is 28.9 Å². The number of hydrogen-bond acceptors (Lipinski definition) is 3. The molecule has 102 valence electrons. The molecule has 1 aromatic heterocycles. The van der Waals surface area contributed by atoms with Crippen molar-refractivity contribution in [2.24, 2.45) is 0 Å². The third-order valence-electron chi connectivity index (χ3n) is 2.47. The van der Waals surface area contributed by atoms with Gasteiger partial charge in [0.1, 0.15) is 0 Å². The summed E-state index contributed by atoms with van der Waals surface area (Å²) >= 11 is 11.0. The average molecular weight is 291 g/mol. The highest BCUT2D eigenvalue weighted by Gasteiger charge is 2.03. The van der Waals surface area contributed by atoms with Gasteiger partial charge in [0.05, 0.1) is 23.5 Å². The van der Waals surface area contributed by atoms with Gasteiger partial charge >= 0.3 is 0 Å². The second-order valence-electron chi connectivity index (χ2n) is 3.83. The smallest absolute Gasteiger partial charge is 0.166 e. The Labute approximate surface area is 118 Å². The second kappa shape index (κ2) is 8.29. The first-order valence-corrected chi connectivity index (χ1v) is 6.62. The molecular formula is C11H19ClN4OS. The van der Waals surface area contributed by atoms with Gasteiger partial charge in [0.2, 0.25) is 0 Å². The van der Waals surface area contributed by atoms with Crippen molar-refractivity contribution in [3.8, 4) is 0 Å². The summed E-state index contributed by atoms with van der Waals surface area (Å²) in [5, 5.41) is 11.7. The minimum absolute atomic E-state index is 0.646. The Balaban J connectivity index is 2.11. The molecule has 0 radical (unpaired) electrons. The Morgan fingerprint density at radius 3 is 2.83 bits per heavy atom. The number of rotatable bonds is 7. The molecule has 0 aromatic carbocycles. The summed E-state index contributed by atoms with van der Waals surface area (Å²) in [5.74, 6) is 0. The van der Waals surface area contributed by atoms with Crippen LogP contribution >= 0.6 is 23.8 Å². The first-order chi connectivity index (χ1) is 8.65. The summed E-state index contributed by atoms with van der Waals surface area (Å²) in [6, 6.07) is 0. The van der Waals surface area contributed by atoms with Crippen LogP contribution in [0.25, 0.3) is 0 Å². The fraction of sp³-hybridized carbons (Fsp3) is 0.636. The highest BCUT2D eigenvalue weighted by atomic mass is 35.5. The lowest BCUT2D eigenvalue weighted by Gasteiger charge is -2.10. The Hall–Kier alpha value is -0.850. The monoisotopic (exact) mass is 290 g/mol. The SMILES string of the molecule is COCCNC(=S)NCCCn1ncc(Cl)c1C. The third kappa shape index (κ3) is 5.20. The fourth-order valence-corrected chi connectivity index (χ4v) is 1.75. The number of hydrogen-bond donors (Lipinski definition) is 2. The van der Waals surface area contributed by atoms with Gasteiger partial charge in [-0.05, 0) is 25.6 Å². The molecule has 18 heavy (non-hydrogen) atoms. The van der Waals surface area contributed by atoms with Crippen LogP contribution in [-0.2, 0) is 11.3 Å². The minimum atomic E-state index is 0.646. The average Bonchev–Trinajstić information content (AvgIpc) is 2.66. The number of nitrogens with zero attached hydrogens (tertiary/aromatic N) is 2. The van der Waals surface area contributed by atoms with E-state index >= 15 is 0 Å². The van der Waals surface area contributed by atoms with Crippen molar-refractivity contribution in [1.82, 2.24) is 20.4 Å². The zero-order chi connectivity index (χ0) is 13.4. The van der Waals surface area contributed by atoms with E-state index in [0.717, 1.165) is 31.7 Å². The third-order valence-corrected chi connectivity index (χ3v) is 3.13. The number of ether oxygens (including phenoxy) is 1.